The average molecular weight is 256 g/mol. The van der Waals surface area contributed by atoms with Gasteiger partial charge in [-0.05, 0) is 0 Å². The molecule has 0 aliphatic heterocycles. The van der Waals surface area contributed by atoms with E-state index >= 15 is 0 Å². The van der Waals surface area contributed by atoms with Crippen LogP contribution in [0.4, 0.5) is 9.95 Å². The normalized spacial score (nSPS) is 11.4. The number of halogens is 3. The summed E-state index contributed by atoms with van der Waals surface area (Å²) in [5, 5.41) is 0. The van der Waals surface area contributed by atoms with E-state index in [1.54, 1.807) is 0 Å². The summed E-state index contributed by atoms with van der Waals surface area (Å²) in [6.07, 6.45) is 0.715. The first kappa shape index (κ1) is 12.0. The van der Waals surface area contributed by atoms with Crippen molar-refractivity contribution < 1.29 is 40.4 Å². The molecular weight excluding hydrogens is 252 g/mol. The van der Waals surface area contributed by atoms with Crippen molar-refractivity contribution in [1.29, 1.82) is 0 Å². The Morgan fingerprint density at radius 3 is 1.33 bits per heavy atom. The molecule has 0 aliphatic carbocycles. The van der Waals surface area contributed by atoms with Crippen molar-refractivity contribution in [3.63, 3.8) is 0 Å². The van der Waals surface area contributed by atoms with E-state index in [0.29, 0.717) is 6.26 Å². The van der Waals surface area contributed by atoms with Crippen LogP contribution in [0.3, 0.4) is 0 Å². The molecule has 0 radical (unpaired) electrons. The van der Waals surface area contributed by atoms with Crippen LogP contribution in [0.25, 0.3) is 0 Å². The van der Waals surface area contributed by atoms with Gasteiger partial charge in [0, 0.05) is 0 Å². The van der Waals surface area contributed by atoms with Crippen LogP contribution in [0.5, 0.6) is 0 Å². The molecule has 0 aromatic rings. The molecule has 8 heteroatoms. The van der Waals surface area contributed by atoms with Crippen molar-refractivity contribution >= 4 is 10.1 Å². The number of hydrogen-bond acceptors (Lipinski definition) is 2. The van der Waals surface area contributed by atoms with E-state index in [9.17, 15) is 18.4 Å². The Hall–Kier alpha value is 0.323. The molecule has 0 unspecified atom stereocenters. The molecule has 0 rings (SSSR count). The van der Waals surface area contributed by atoms with E-state index in [1.807, 2.05) is 0 Å². The Morgan fingerprint density at radius 1 is 1.33 bits per heavy atom. The fourth-order valence-corrected chi connectivity index (χ4v) is 0. The van der Waals surface area contributed by atoms with Gasteiger partial charge in [-0.1, -0.05) is 0 Å². The molecule has 0 aromatic carbocycles. The van der Waals surface area contributed by atoms with Crippen molar-refractivity contribution in [3.05, 3.63) is 0 Å². The SMILES string of the molecule is CS(=O)(=O)O.[F][Rh]([F])[F]. The van der Waals surface area contributed by atoms with Gasteiger partial charge >= 0.3 is 27.4 Å². The van der Waals surface area contributed by atoms with Crippen LogP contribution >= 0.6 is 0 Å². The van der Waals surface area contributed by atoms with Gasteiger partial charge in [-0.25, -0.2) is 0 Å². The third-order valence-corrected chi connectivity index (χ3v) is 0. The third-order valence-electron chi connectivity index (χ3n) is 0. The molecule has 62 valence electrons. The molecule has 0 spiro atoms. The van der Waals surface area contributed by atoms with Crippen LogP contribution in [-0.4, -0.2) is 19.2 Å². The van der Waals surface area contributed by atoms with E-state index in [0.717, 1.165) is 0 Å². The number of rotatable bonds is 0. The topological polar surface area (TPSA) is 54.4 Å². The van der Waals surface area contributed by atoms with Gasteiger partial charge < -0.3 is 0 Å². The van der Waals surface area contributed by atoms with Gasteiger partial charge in [0.2, 0.25) is 0 Å². The molecule has 1 N–H and O–H groups in total. The second-order valence-electron chi connectivity index (χ2n) is 0.876. The van der Waals surface area contributed by atoms with Crippen LogP contribution in [0.15, 0.2) is 0 Å². The van der Waals surface area contributed by atoms with E-state index in [-0.39, 0.29) is 0 Å². The molecule has 3 nitrogen and oxygen atoms in total. The van der Waals surface area contributed by atoms with Crippen LogP contribution in [-0.2, 0) is 27.6 Å². The summed E-state index contributed by atoms with van der Waals surface area (Å²) in [7, 11) is -3.67. The maximum atomic E-state index is 9.80. The van der Waals surface area contributed by atoms with Gasteiger partial charge in [0.15, 0.2) is 0 Å². The average Bonchev–Trinajstić information content (AvgIpc) is 1.19. The molecule has 0 aliphatic rings. The van der Waals surface area contributed by atoms with E-state index in [1.165, 1.54) is 0 Å². The summed E-state index contributed by atoms with van der Waals surface area (Å²) in [5.74, 6) is 0. The van der Waals surface area contributed by atoms with Crippen molar-refractivity contribution in [2.45, 2.75) is 0 Å². The maximum absolute atomic E-state index is 9.80. The second-order valence-corrected chi connectivity index (χ2v) is 3.04. The molecule has 0 aromatic heterocycles. The molecule has 0 saturated heterocycles. The van der Waals surface area contributed by atoms with Crippen LogP contribution in [0, 0.1) is 0 Å². The summed E-state index contributed by atoms with van der Waals surface area (Å²) in [4.78, 5) is 0. The second kappa shape index (κ2) is 5.14. The molecule has 0 atom stereocenters. The van der Waals surface area contributed by atoms with E-state index in [2.05, 4.69) is 0 Å². The molecule has 0 amide bonds. The summed E-state index contributed by atoms with van der Waals surface area (Å²) >= 11 is -4.58. The monoisotopic (exact) mass is 256 g/mol. The molecule has 0 fully saturated rings. The van der Waals surface area contributed by atoms with Crippen molar-refractivity contribution in [3.8, 4) is 0 Å². The van der Waals surface area contributed by atoms with Crippen molar-refractivity contribution in [2.24, 2.45) is 0 Å². The first-order valence-corrected chi connectivity index (χ1v) is 5.01. The van der Waals surface area contributed by atoms with Crippen LogP contribution in [0.2, 0.25) is 0 Å². The minimum atomic E-state index is -4.58. The van der Waals surface area contributed by atoms with Gasteiger partial charge in [-0.15, -0.1) is 0 Å². The third kappa shape index (κ3) is 3180. The Labute approximate surface area is 57.2 Å². The zero-order chi connectivity index (χ0) is 8.08. The van der Waals surface area contributed by atoms with Crippen LogP contribution < -0.4 is 0 Å². The quantitative estimate of drug-likeness (QED) is 0.514. The Balaban J connectivity index is 0. The summed E-state index contributed by atoms with van der Waals surface area (Å²) in [6.45, 7) is 0. The molecule has 0 bridgehead atoms. The summed E-state index contributed by atoms with van der Waals surface area (Å²) in [6, 6.07) is 0. The first-order valence-electron chi connectivity index (χ1n) is 1.30. The fourth-order valence-electron chi connectivity index (χ4n) is 0. The Bertz CT molecular complexity index is 130. The Morgan fingerprint density at radius 2 is 1.33 bits per heavy atom. The number of hydrogen-bond donors (Lipinski definition) is 1. The molecular formula is CH4F3O3RhS. The summed E-state index contributed by atoms with van der Waals surface area (Å²) < 4.78 is 55.3. The van der Waals surface area contributed by atoms with E-state index in [4.69, 9.17) is 4.55 Å². The zero-order valence-corrected chi connectivity index (χ0v) is 6.59. The van der Waals surface area contributed by atoms with Gasteiger partial charge in [0.25, 0.3) is 10.1 Å². The van der Waals surface area contributed by atoms with Crippen LogP contribution in [0.1, 0.15) is 0 Å². The van der Waals surface area contributed by atoms with Gasteiger partial charge in [0.05, 0.1) is 6.26 Å². The van der Waals surface area contributed by atoms with E-state index < -0.39 is 27.6 Å². The zero-order valence-electron chi connectivity index (χ0n) is 4.14. The van der Waals surface area contributed by atoms with Gasteiger partial charge in [-0.2, -0.15) is 8.42 Å². The Kier molecular flexibility index (Phi) is 6.87. The van der Waals surface area contributed by atoms with Gasteiger partial charge in [0.1, 0.15) is 0 Å². The fraction of sp³-hybridized carbons (Fsp3) is 1.00. The van der Waals surface area contributed by atoms with Crippen molar-refractivity contribution in [2.75, 3.05) is 6.26 Å². The molecule has 0 heterocycles. The molecule has 9 heavy (non-hydrogen) atoms. The predicted molar refractivity (Wildman–Crippen MR) is 20.8 cm³/mol. The van der Waals surface area contributed by atoms with Gasteiger partial charge in [-0.3, -0.25) is 4.55 Å². The first-order chi connectivity index (χ1) is 3.73. The molecule has 0 saturated carbocycles. The standard InChI is InChI=1S/CH4O3S.3FH.Rh/c1-5(2,3)4;;;;/h1H3,(H,2,3,4);3*1H;/q;;;;+3/p-3. The van der Waals surface area contributed by atoms with Crippen molar-refractivity contribution in [1.82, 2.24) is 0 Å². The predicted octanol–water partition coefficient (Wildman–Crippen LogP) is 0.762. The minimum absolute atomic E-state index is 0.715. The summed E-state index contributed by atoms with van der Waals surface area (Å²) in [5.41, 5.74) is 0.